The van der Waals surface area contributed by atoms with E-state index in [0.717, 1.165) is 0 Å². The molecule has 0 heterocycles. The van der Waals surface area contributed by atoms with Crippen LogP contribution in [-0.2, 0) is 0 Å². The molecule has 4 heavy (non-hydrogen) atoms. The van der Waals surface area contributed by atoms with Crippen LogP contribution in [0.3, 0.4) is 0 Å². The number of rotatable bonds is 0. The third kappa shape index (κ3) is 94.0. The molecule has 0 saturated heterocycles. The van der Waals surface area contributed by atoms with Crippen molar-refractivity contribution in [2.45, 2.75) is 0 Å². The molecule has 0 aliphatic heterocycles. The molecule has 0 bridgehead atoms. The van der Waals surface area contributed by atoms with Gasteiger partial charge in [-0.3, -0.25) is 0 Å². The molecule has 0 aromatic rings. The molecule has 0 aromatic heterocycles. The summed E-state index contributed by atoms with van der Waals surface area (Å²) in [4.78, 5) is 0. The average molecular weight is 300 g/mol. The minimum absolute atomic E-state index is 0. The number of hydrogen-bond donors (Lipinski definition) is 0. The van der Waals surface area contributed by atoms with Crippen molar-refractivity contribution in [2.24, 2.45) is 0 Å². The van der Waals surface area contributed by atoms with Gasteiger partial charge in [0.2, 0.25) is 0 Å². The van der Waals surface area contributed by atoms with Crippen molar-refractivity contribution in [1.82, 2.24) is 0 Å². The second-order valence-electron chi connectivity index (χ2n) is 0. The van der Waals surface area contributed by atoms with Crippen LogP contribution in [-0.4, -0.2) is 0 Å². The quantitative estimate of drug-likeness (QED) is 0.417. The largest absolute Gasteiger partial charge is 1.00 e. The monoisotopic (exact) mass is 298 g/mol. The van der Waals surface area contributed by atoms with Gasteiger partial charge in [-0.15, -0.1) is 0 Å². The summed E-state index contributed by atoms with van der Waals surface area (Å²) in [5, 5.41) is 0. The van der Waals surface area contributed by atoms with Crippen molar-refractivity contribution in [3.63, 3.8) is 0 Å². The zero-order valence-electron chi connectivity index (χ0n) is 1.51. The molecule has 0 nitrogen and oxygen atoms in total. The molecule has 0 N–H and O–H groups in total. The van der Waals surface area contributed by atoms with E-state index in [1.807, 2.05) is 0 Å². The van der Waals surface area contributed by atoms with Crippen molar-refractivity contribution in [1.29, 1.82) is 0 Å². The summed E-state index contributed by atoms with van der Waals surface area (Å²) in [6.07, 6.45) is 0. The van der Waals surface area contributed by atoms with Crippen molar-refractivity contribution < 1.29 is 28.4 Å². The Balaban J connectivity index is 0. The molecular formula is AmF3-3. The summed E-state index contributed by atoms with van der Waals surface area (Å²) >= 11 is 0. The van der Waals surface area contributed by atoms with Crippen molar-refractivity contribution in [3.05, 3.63) is 0 Å². The molecule has 4 heteroatoms. The summed E-state index contributed by atoms with van der Waals surface area (Å²) in [6, 6.07) is 0. The van der Waals surface area contributed by atoms with Gasteiger partial charge in [0.15, 0.2) is 0 Å². The van der Waals surface area contributed by atoms with Crippen LogP contribution in [0.15, 0.2) is 0 Å². The van der Waals surface area contributed by atoms with E-state index in [0.29, 0.717) is 0 Å². The van der Waals surface area contributed by atoms with Gasteiger partial charge in [-0.25, -0.2) is 0 Å². The van der Waals surface area contributed by atoms with Gasteiger partial charge in [0, 0.05) is 14.3 Å². The molecule has 0 aromatic carbocycles. The van der Waals surface area contributed by atoms with Crippen LogP contribution in [0.5, 0.6) is 0 Å². The fraction of sp³-hybridized carbons (Fsp3) is 0. The third-order valence-electron chi connectivity index (χ3n) is 0. The molecule has 0 atom stereocenters. The van der Waals surface area contributed by atoms with E-state index in [1.54, 1.807) is 0 Å². The Morgan fingerprint density at radius 1 is 0.500 bits per heavy atom. The summed E-state index contributed by atoms with van der Waals surface area (Å²) in [5.74, 6) is 0. The summed E-state index contributed by atoms with van der Waals surface area (Å²) in [6.45, 7) is 0. The van der Waals surface area contributed by atoms with E-state index >= 15 is 0 Å². The molecule has 0 spiro atoms. The van der Waals surface area contributed by atoms with Gasteiger partial charge in [0.1, 0.15) is 0 Å². The molecular weight excluding hydrogens is 300 g/mol. The van der Waals surface area contributed by atoms with E-state index in [9.17, 15) is 0 Å². The molecule has 0 amide bonds. The Bertz CT molecular complexity index is 3.25. The van der Waals surface area contributed by atoms with Crippen molar-refractivity contribution >= 4 is 0 Å². The summed E-state index contributed by atoms with van der Waals surface area (Å²) in [7, 11) is 0. The first-order valence-corrected chi connectivity index (χ1v) is 0. The van der Waals surface area contributed by atoms with Crippen molar-refractivity contribution in [2.75, 3.05) is 0 Å². The Labute approximate surface area is 29.5 Å². The van der Waals surface area contributed by atoms with E-state index in [4.69, 9.17) is 0 Å². The van der Waals surface area contributed by atoms with E-state index in [1.165, 1.54) is 0 Å². The van der Waals surface area contributed by atoms with E-state index in [-0.39, 0.29) is 28.4 Å². The molecule has 0 saturated carbocycles. The summed E-state index contributed by atoms with van der Waals surface area (Å²) in [5.41, 5.74) is 0. The van der Waals surface area contributed by atoms with Gasteiger partial charge < -0.3 is 14.1 Å². The Kier molecular flexibility index (Phi) is 153000. The van der Waals surface area contributed by atoms with Gasteiger partial charge in [-0.1, -0.05) is 0 Å². The average Bonchev–Trinajstić information content (AvgIpc) is 0. The number of halogens is 3. The second-order valence-corrected chi connectivity index (χ2v) is 0. The maximum absolute atomic E-state index is 0. The Morgan fingerprint density at radius 3 is 0.500 bits per heavy atom. The Hall–Kier alpha value is 0.180. The zero-order chi connectivity index (χ0) is 0. The molecule has 0 aliphatic rings. The first-order valence-electron chi connectivity index (χ1n) is 0. The zero-order valence-corrected chi connectivity index (χ0v) is 4.66. The van der Waals surface area contributed by atoms with Crippen LogP contribution < -0.4 is 14.1 Å². The van der Waals surface area contributed by atoms with E-state index < -0.39 is 0 Å². The van der Waals surface area contributed by atoms with Gasteiger partial charge in [-0.05, 0) is 0 Å². The first kappa shape index (κ1) is 1310. The molecule has 0 rings (SSSR count). The third-order valence-corrected chi connectivity index (χ3v) is 0. The smallest absolute Gasteiger partial charge is 0 e. The van der Waals surface area contributed by atoms with Gasteiger partial charge >= 0.3 is 0 Å². The van der Waals surface area contributed by atoms with Crippen LogP contribution in [0.4, 0.5) is 0 Å². The molecule has 0 aliphatic carbocycles. The second kappa shape index (κ2) is 468. The van der Waals surface area contributed by atoms with Gasteiger partial charge in [0.05, 0.1) is 0 Å². The SMILES string of the molecule is [Am].[F-].[F-].[F-]. The van der Waals surface area contributed by atoms with Crippen LogP contribution in [0.1, 0.15) is 0 Å². The van der Waals surface area contributed by atoms with Crippen LogP contribution in [0.2, 0.25) is 0 Å². The maximum Gasteiger partial charge on any atom is 0 e. The molecule has 0 fully saturated rings. The van der Waals surface area contributed by atoms with E-state index in [2.05, 4.69) is 0 Å². The first-order chi connectivity index (χ1) is 0. The van der Waals surface area contributed by atoms with Crippen LogP contribution in [0.25, 0.3) is 0 Å². The van der Waals surface area contributed by atoms with Crippen LogP contribution in [0, 0.1) is 14.3 Å². The van der Waals surface area contributed by atoms with Crippen LogP contribution >= 0.6 is 0 Å². The minimum atomic E-state index is 0. The van der Waals surface area contributed by atoms with Gasteiger partial charge in [0.25, 0.3) is 0 Å². The predicted octanol–water partition coefficient (Wildman–Crippen LogP) is -8.99. The topological polar surface area (TPSA) is 0 Å². The standard InChI is InChI=1S/Am.3FH/h;3*1H/p-3. The fourth-order valence-corrected chi connectivity index (χ4v) is 0. The predicted molar refractivity (Wildman–Crippen MR) is 0 cm³/mol. The summed E-state index contributed by atoms with van der Waals surface area (Å²) < 4.78 is 0. The Morgan fingerprint density at radius 2 is 0.500 bits per heavy atom. The molecule has 31 valence electrons. The normalized spacial score (nSPS) is 0. The minimum Gasteiger partial charge on any atom is -1.00 e. The molecule has 0 unspecified atom stereocenters. The van der Waals surface area contributed by atoms with Crippen molar-refractivity contribution in [3.8, 4) is 0 Å². The van der Waals surface area contributed by atoms with Gasteiger partial charge in [-0.2, -0.15) is 0 Å². The maximum atomic E-state index is 0. The number of hydrogen-bond acceptors (Lipinski definition) is 0. The molecule has 1 radical (unpaired) electrons. The fourth-order valence-electron chi connectivity index (χ4n) is 0.